The van der Waals surface area contributed by atoms with E-state index in [0.717, 1.165) is 24.7 Å². The van der Waals surface area contributed by atoms with Crippen molar-refractivity contribution in [3.8, 4) is 0 Å². The molecule has 4 heteroatoms. The molecule has 2 unspecified atom stereocenters. The van der Waals surface area contributed by atoms with Gasteiger partial charge in [0.25, 0.3) is 0 Å². The molecule has 1 aliphatic heterocycles. The summed E-state index contributed by atoms with van der Waals surface area (Å²) in [6.07, 6.45) is 3.00. The minimum atomic E-state index is 0.300. The van der Waals surface area contributed by atoms with Gasteiger partial charge in [-0.25, -0.2) is 4.98 Å². The van der Waals surface area contributed by atoms with E-state index in [4.69, 9.17) is 4.42 Å². The molecule has 4 nitrogen and oxygen atoms in total. The minimum Gasteiger partial charge on any atom is -0.444 e. The number of oxazole rings is 1. The standard InChI is InChI=1S/C11H19N3O/c1-8-6-13-11(15-8)10(14(2)3)9-4-5-12-7-9/h6,9-10,12H,4-5,7H2,1-3H3. The molecule has 1 aliphatic rings. The first-order valence-corrected chi connectivity index (χ1v) is 5.48. The summed E-state index contributed by atoms with van der Waals surface area (Å²) in [4.78, 5) is 6.54. The molecule has 1 fully saturated rings. The molecule has 0 aliphatic carbocycles. The number of nitrogens with zero attached hydrogens (tertiary/aromatic N) is 2. The molecule has 0 spiro atoms. The highest BCUT2D eigenvalue weighted by Crippen LogP contribution is 2.30. The molecular formula is C11H19N3O. The topological polar surface area (TPSA) is 41.3 Å². The highest BCUT2D eigenvalue weighted by atomic mass is 16.4. The lowest BCUT2D eigenvalue weighted by Gasteiger charge is -2.26. The van der Waals surface area contributed by atoms with E-state index in [-0.39, 0.29) is 0 Å². The van der Waals surface area contributed by atoms with Crippen molar-refractivity contribution in [2.24, 2.45) is 5.92 Å². The Morgan fingerprint density at radius 1 is 1.60 bits per heavy atom. The highest BCUT2D eigenvalue weighted by molar-refractivity contribution is 5.00. The summed E-state index contributed by atoms with van der Waals surface area (Å²) < 4.78 is 5.64. The maximum Gasteiger partial charge on any atom is 0.212 e. The SMILES string of the molecule is Cc1cnc(C(C2CCNC2)N(C)C)o1. The summed E-state index contributed by atoms with van der Waals surface area (Å²) in [6.45, 7) is 4.11. The van der Waals surface area contributed by atoms with E-state index in [1.165, 1.54) is 6.42 Å². The van der Waals surface area contributed by atoms with Crippen molar-refractivity contribution in [3.05, 3.63) is 17.8 Å². The van der Waals surface area contributed by atoms with Gasteiger partial charge in [0.1, 0.15) is 5.76 Å². The predicted octanol–water partition coefficient (Wildman–Crippen LogP) is 1.20. The molecule has 0 bridgehead atoms. The summed E-state index contributed by atoms with van der Waals surface area (Å²) >= 11 is 0. The van der Waals surface area contributed by atoms with Crippen molar-refractivity contribution >= 4 is 0 Å². The van der Waals surface area contributed by atoms with E-state index in [0.29, 0.717) is 12.0 Å². The average Bonchev–Trinajstić information content (AvgIpc) is 2.77. The van der Waals surface area contributed by atoms with Crippen LogP contribution in [0.15, 0.2) is 10.6 Å². The maximum atomic E-state index is 5.64. The third-order valence-corrected chi connectivity index (χ3v) is 2.99. The quantitative estimate of drug-likeness (QED) is 0.812. The largest absolute Gasteiger partial charge is 0.444 e. The first-order valence-electron chi connectivity index (χ1n) is 5.48. The van der Waals surface area contributed by atoms with Gasteiger partial charge in [-0.3, -0.25) is 4.90 Å². The highest BCUT2D eigenvalue weighted by Gasteiger charge is 2.31. The van der Waals surface area contributed by atoms with E-state index < -0.39 is 0 Å². The van der Waals surface area contributed by atoms with Crippen LogP contribution in [0.25, 0.3) is 0 Å². The second kappa shape index (κ2) is 4.33. The van der Waals surface area contributed by atoms with Gasteiger partial charge in [-0.2, -0.15) is 0 Å². The second-order valence-corrected chi connectivity index (χ2v) is 4.47. The molecular weight excluding hydrogens is 190 g/mol. The zero-order chi connectivity index (χ0) is 10.8. The lowest BCUT2D eigenvalue weighted by molar-refractivity contribution is 0.183. The van der Waals surface area contributed by atoms with Crippen molar-refractivity contribution in [3.63, 3.8) is 0 Å². The zero-order valence-electron chi connectivity index (χ0n) is 9.66. The maximum absolute atomic E-state index is 5.64. The Kier molecular flexibility index (Phi) is 3.07. The molecule has 1 aromatic rings. The Bertz CT molecular complexity index is 315. The minimum absolute atomic E-state index is 0.300. The van der Waals surface area contributed by atoms with E-state index in [9.17, 15) is 0 Å². The first kappa shape index (κ1) is 10.6. The number of aromatic nitrogens is 1. The normalized spacial score (nSPS) is 23.6. The molecule has 0 saturated carbocycles. The molecule has 1 N–H and O–H groups in total. The number of nitrogens with one attached hydrogen (secondary N) is 1. The van der Waals surface area contributed by atoms with Gasteiger partial charge in [-0.15, -0.1) is 0 Å². The van der Waals surface area contributed by atoms with Crippen LogP contribution < -0.4 is 5.32 Å². The lowest BCUT2D eigenvalue weighted by atomic mass is 9.98. The van der Waals surface area contributed by atoms with E-state index >= 15 is 0 Å². The van der Waals surface area contributed by atoms with Gasteiger partial charge in [-0.05, 0) is 39.9 Å². The smallest absolute Gasteiger partial charge is 0.212 e. The predicted molar refractivity (Wildman–Crippen MR) is 58.6 cm³/mol. The van der Waals surface area contributed by atoms with Crippen molar-refractivity contribution in [1.82, 2.24) is 15.2 Å². The van der Waals surface area contributed by atoms with Gasteiger partial charge < -0.3 is 9.73 Å². The Morgan fingerprint density at radius 3 is 2.87 bits per heavy atom. The van der Waals surface area contributed by atoms with Gasteiger partial charge in [0, 0.05) is 6.54 Å². The molecule has 1 saturated heterocycles. The lowest BCUT2D eigenvalue weighted by Crippen LogP contribution is -2.29. The number of hydrogen-bond donors (Lipinski definition) is 1. The van der Waals surface area contributed by atoms with E-state index in [2.05, 4.69) is 29.3 Å². The van der Waals surface area contributed by atoms with Crippen LogP contribution in [0.3, 0.4) is 0 Å². The third kappa shape index (κ3) is 2.21. The van der Waals surface area contributed by atoms with Crippen LogP contribution in [0.2, 0.25) is 0 Å². The number of rotatable bonds is 3. The van der Waals surface area contributed by atoms with Crippen LogP contribution in [0.4, 0.5) is 0 Å². The third-order valence-electron chi connectivity index (χ3n) is 2.99. The van der Waals surface area contributed by atoms with Crippen LogP contribution in [0.5, 0.6) is 0 Å². The van der Waals surface area contributed by atoms with Crippen LogP contribution in [0.1, 0.15) is 24.1 Å². The van der Waals surface area contributed by atoms with Crippen molar-refractivity contribution in [2.75, 3.05) is 27.2 Å². The molecule has 0 amide bonds. The molecule has 0 radical (unpaired) electrons. The molecule has 0 aromatic carbocycles. The van der Waals surface area contributed by atoms with Crippen molar-refractivity contribution in [2.45, 2.75) is 19.4 Å². The zero-order valence-corrected chi connectivity index (χ0v) is 9.66. The summed E-state index contributed by atoms with van der Waals surface area (Å²) in [7, 11) is 4.17. The molecule has 2 atom stereocenters. The van der Waals surface area contributed by atoms with Crippen LogP contribution >= 0.6 is 0 Å². The number of hydrogen-bond acceptors (Lipinski definition) is 4. The molecule has 84 valence electrons. The van der Waals surface area contributed by atoms with E-state index in [1.54, 1.807) is 6.20 Å². The van der Waals surface area contributed by atoms with Gasteiger partial charge >= 0.3 is 0 Å². The fraction of sp³-hybridized carbons (Fsp3) is 0.727. The molecule has 1 aromatic heterocycles. The monoisotopic (exact) mass is 209 g/mol. The summed E-state index contributed by atoms with van der Waals surface area (Å²) in [5, 5.41) is 3.39. The van der Waals surface area contributed by atoms with Crippen molar-refractivity contribution < 1.29 is 4.42 Å². The van der Waals surface area contributed by atoms with Gasteiger partial charge in [0.2, 0.25) is 5.89 Å². The van der Waals surface area contributed by atoms with Crippen LogP contribution in [-0.2, 0) is 0 Å². The fourth-order valence-corrected chi connectivity index (χ4v) is 2.30. The summed E-state index contributed by atoms with van der Waals surface area (Å²) in [6, 6.07) is 0.300. The van der Waals surface area contributed by atoms with Gasteiger partial charge in [0.05, 0.1) is 12.2 Å². The van der Waals surface area contributed by atoms with Crippen LogP contribution in [0, 0.1) is 12.8 Å². The Hall–Kier alpha value is -0.870. The van der Waals surface area contributed by atoms with Gasteiger partial charge in [-0.1, -0.05) is 0 Å². The molecule has 15 heavy (non-hydrogen) atoms. The van der Waals surface area contributed by atoms with Crippen molar-refractivity contribution in [1.29, 1.82) is 0 Å². The fourth-order valence-electron chi connectivity index (χ4n) is 2.30. The molecule has 2 rings (SSSR count). The average molecular weight is 209 g/mol. The molecule has 2 heterocycles. The van der Waals surface area contributed by atoms with Crippen LogP contribution in [-0.4, -0.2) is 37.1 Å². The Balaban J connectivity index is 2.18. The summed E-state index contributed by atoms with van der Waals surface area (Å²) in [5.74, 6) is 2.35. The van der Waals surface area contributed by atoms with E-state index in [1.807, 2.05) is 6.92 Å². The number of aryl methyl sites for hydroxylation is 1. The first-order chi connectivity index (χ1) is 7.18. The second-order valence-electron chi connectivity index (χ2n) is 4.47. The van der Waals surface area contributed by atoms with Gasteiger partial charge in [0.15, 0.2) is 0 Å². The Labute approximate surface area is 90.7 Å². The summed E-state index contributed by atoms with van der Waals surface area (Å²) in [5.41, 5.74) is 0. The Morgan fingerprint density at radius 2 is 2.40 bits per heavy atom.